The van der Waals surface area contributed by atoms with Crippen molar-refractivity contribution in [2.75, 3.05) is 0 Å². The van der Waals surface area contributed by atoms with Crippen molar-refractivity contribution in [3.05, 3.63) is 54.2 Å². The van der Waals surface area contributed by atoms with Crippen molar-refractivity contribution < 1.29 is 39.0 Å². The Hall–Kier alpha value is -5.25. The van der Waals surface area contributed by atoms with Crippen molar-refractivity contribution in [1.82, 2.24) is 30.9 Å². The fourth-order valence-corrected chi connectivity index (χ4v) is 4.06. The van der Waals surface area contributed by atoms with Crippen LogP contribution in [0.1, 0.15) is 24.1 Å². The highest BCUT2D eigenvalue weighted by Gasteiger charge is 2.32. The van der Waals surface area contributed by atoms with E-state index in [4.69, 9.17) is 11.5 Å². The maximum atomic E-state index is 13.4. The Morgan fingerprint density at radius 1 is 0.854 bits per heavy atom. The predicted octanol–water partition coefficient (Wildman–Crippen LogP) is -2.11. The zero-order valence-electron chi connectivity index (χ0n) is 21.6. The SMILES string of the molecule is NC(=O)CC(N)C(=O)NC(Cc1c[nH]c2ccccc12)C(=O)NC(CC(=O)O)C(=O)NC(Cc1cnc[nH]1)C(=O)O. The Morgan fingerprint density at radius 3 is 2.15 bits per heavy atom. The fourth-order valence-electron chi connectivity index (χ4n) is 4.06. The van der Waals surface area contributed by atoms with E-state index in [2.05, 4.69) is 30.9 Å². The third kappa shape index (κ3) is 8.62. The summed E-state index contributed by atoms with van der Waals surface area (Å²) in [6.45, 7) is 0. The normalized spacial score (nSPS) is 13.9. The van der Waals surface area contributed by atoms with Crippen LogP contribution >= 0.6 is 0 Å². The van der Waals surface area contributed by atoms with Gasteiger partial charge in [-0.25, -0.2) is 9.78 Å². The number of aliphatic carboxylic acids is 2. The molecule has 16 nitrogen and oxygen atoms in total. The lowest BCUT2D eigenvalue weighted by Crippen LogP contribution is -2.58. The molecule has 0 saturated heterocycles. The van der Waals surface area contributed by atoms with E-state index < -0.39 is 72.6 Å². The maximum Gasteiger partial charge on any atom is 0.326 e. The van der Waals surface area contributed by atoms with Crippen molar-refractivity contribution in [1.29, 1.82) is 0 Å². The van der Waals surface area contributed by atoms with E-state index in [0.717, 1.165) is 10.9 Å². The summed E-state index contributed by atoms with van der Waals surface area (Å²) in [5.41, 5.74) is 12.6. The smallest absolute Gasteiger partial charge is 0.326 e. The van der Waals surface area contributed by atoms with Crippen molar-refractivity contribution in [2.24, 2.45) is 11.5 Å². The van der Waals surface area contributed by atoms with Crippen LogP contribution in [0.2, 0.25) is 0 Å². The number of nitrogens with one attached hydrogen (secondary N) is 5. The number of primary amides is 1. The number of carbonyl (C=O) groups excluding carboxylic acids is 4. The lowest BCUT2D eigenvalue weighted by atomic mass is 10.0. The molecule has 0 radical (unpaired) electrons. The van der Waals surface area contributed by atoms with Crippen LogP contribution in [0.25, 0.3) is 10.9 Å². The van der Waals surface area contributed by atoms with Gasteiger partial charge in [0.25, 0.3) is 0 Å². The lowest BCUT2D eigenvalue weighted by Gasteiger charge is -2.24. The molecular formula is C25H30N8O8. The highest BCUT2D eigenvalue weighted by atomic mass is 16.4. The molecule has 1 aromatic carbocycles. The second-order valence-corrected chi connectivity index (χ2v) is 9.24. The minimum Gasteiger partial charge on any atom is -0.481 e. The minimum absolute atomic E-state index is 0.107. The van der Waals surface area contributed by atoms with Gasteiger partial charge in [-0.3, -0.25) is 24.0 Å². The van der Waals surface area contributed by atoms with E-state index in [0.29, 0.717) is 11.3 Å². The number of imidazole rings is 1. The topological polar surface area (TPSA) is 275 Å². The molecular weight excluding hydrogens is 540 g/mol. The van der Waals surface area contributed by atoms with E-state index in [1.54, 1.807) is 30.5 Å². The third-order valence-corrected chi connectivity index (χ3v) is 6.10. The first-order chi connectivity index (χ1) is 19.4. The van der Waals surface area contributed by atoms with Gasteiger partial charge in [-0.1, -0.05) is 18.2 Å². The summed E-state index contributed by atoms with van der Waals surface area (Å²) < 4.78 is 0. The monoisotopic (exact) mass is 570 g/mol. The van der Waals surface area contributed by atoms with Gasteiger partial charge in [-0.2, -0.15) is 0 Å². The summed E-state index contributed by atoms with van der Waals surface area (Å²) in [6, 6.07) is 1.23. The molecule has 0 spiro atoms. The molecule has 0 aliphatic rings. The Morgan fingerprint density at radius 2 is 1.51 bits per heavy atom. The number of nitrogens with zero attached hydrogens (tertiary/aromatic N) is 1. The number of carbonyl (C=O) groups is 6. The number of aromatic amines is 2. The molecule has 0 aliphatic heterocycles. The van der Waals surface area contributed by atoms with Gasteiger partial charge in [0.2, 0.25) is 23.6 Å². The van der Waals surface area contributed by atoms with Crippen LogP contribution in [0.15, 0.2) is 43.0 Å². The van der Waals surface area contributed by atoms with E-state index >= 15 is 0 Å². The summed E-state index contributed by atoms with van der Waals surface area (Å²) in [4.78, 5) is 83.0. The van der Waals surface area contributed by atoms with E-state index in [-0.39, 0.29) is 12.8 Å². The summed E-state index contributed by atoms with van der Waals surface area (Å²) in [7, 11) is 0. The van der Waals surface area contributed by atoms with Gasteiger partial charge in [0, 0.05) is 41.8 Å². The molecule has 41 heavy (non-hydrogen) atoms. The number of hydrogen-bond acceptors (Lipinski definition) is 8. The number of H-pyrrole nitrogens is 2. The average Bonchev–Trinajstić information content (AvgIpc) is 3.56. The molecule has 11 N–H and O–H groups in total. The molecule has 3 rings (SSSR count). The summed E-state index contributed by atoms with van der Waals surface area (Å²) in [5.74, 6) is -6.60. The zero-order chi connectivity index (χ0) is 30.1. The molecule has 16 heteroatoms. The summed E-state index contributed by atoms with van der Waals surface area (Å²) >= 11 is 0. The summed E-state index contributed by atoms with van der Waals surface area (Å²) in [6.07, 6.45) is 2.62. The number of benzene rings is 1. The number of hydrogen-bond donors (Lipinski definition) is 9. The second-order valence-electron chi connectivity index (χ2n) is 9.24. The largest absolute Gasteiger partial charge is 0.481 e. The number of amides is 4. The fraction of sp³-hybridized carbons (Fsp3) is 0.320. The number of aromatic nitrogens is 3. The van der Waals surface area contributed by atoms with Crippen LogP contribution < -0.4 is 27.4 Å². The molecule has 0 bridgehead atoms. The number of fused-ring (bicyclic) bond motifs is 1. The molecule has 2 aromatic heterocycles. The molecule has 218 valence electrons. The quantitative estimate of drug-likeness (QED) is 0.0959. The van der Waals surface area contributed by atoms with E-state index in [1.165, 1.54) is 12.5 Å². The van der Waals surface area contributed by atoms with Crippen LogP contribution in [0.4, 0.5) is 0 Å². The Bertz CT molecular complexity index is 1420. The van der Waals surface area contributed by atoms with Gasteiger partial charge in [0.05, 0.1) is 25.2 Å². The number of para-hydroxylation sites is 1. The highest BCUT2D eigenvalue weighted by Crippen LogP contribution is 2.19. The van der Waals surface area contributed by atoms with Gasteiger partial charge in [0.1, 0.15) is 18.1 Å². The highest BCUT2D eigenvalue weighted by molar-refractivity contribution is 5.96. The Kier molecular flexibility index (Phi) is 10.1. The molecule has 0 aliphatic carbocycles. The van der Waals surface area contributed by atoms with E-state index in [9.17, 15) is 39.0 Å². The number of carboxylic acids is 2. The minimum atomic E-state index is -1.70. The van der Waals surface area contributed by atoms with Crippen LogP contribution in [-0.2, 0) is 41.6 Å². The molecule has 3 aromatic rings. The maximum absolute atomic E-state index is 13.4. The third-order valence-electron chi connectivity index (χ3n) is 6.10. The molecule has 2 heterocycles. The molecule has 0 saturated carbocycles. The molecule has 4 unspecified atom stereocenters. The van der Waals surface area contributed by atoms with Crippen molar-refractivity contribution >= 4 is 46.5 Å². The van der Waals surface area contributed by atoms with Crippen molar-refractivity contribution in [2.45, 2.75) is 49.9 Å². The standard InChI is InChI=1S/C25H30N8O8/c26-15(7-20(27)34)22(37)31-17(5-12-9-29-16-4-2-1-3-14(12)16)23(38)32-18(8-21(35)36)24(39)33-19(25(40)41)6-13-10-28-11-30-13/h1-4,9-11,15,17-19,29H,5-8,26H2,(H2,27,34)(H,28,30)(H,31,37)(H,32,38)(H,33,39)(H,35,36)(H,40,41). The summed E-state index contributed by atoms with van der Waals surface area (Å²) in [5, 5.41) is 26.6. The molecule has 0 fully saturated rings. The van der Waals surface area contributed by atoms with Gasteiger partial charge in [-0.05, 0) is 11.6 Å². The van der Waals surface area contributed by atoms with Crippen molar-refractivity contribution in [3.8, 4) is 0 Å². The first kappa shape index (κ1) is 30.3. The number of carboxylic acid groups (broad SMARTS) is 2. The average molecular weight is 571 g/mol. The first-order valence-electron chi connectivity index (χ1n) is 12.4. The number of rotatable bonds is 15. The second kappa shape index (κ2) is 13.7. The lowest BCUT2D eigenvalue weighted by molar-refractivity contribution is -0.143. The molecule has 4 atom stereocenters. The van der Waals surface area contributed by atoms with Crippen LogP contribution in [0, 0.1) is 0 Å². The van der Waals surface area contributed by atoms with Crippen LogP contribution in [-0.4, -0.2) is 84.9 Å². The van der Waals surface area contributed by atoms with Gasteiger partial charge in [-0.15, -0.1) is 0 Å². The first-order valence-corrected chi connectivity index (χ1v) is 12.4. The van der Waals surface area contributed by atoms with Gasteiger partial charge >= 0.3 is 11.9 Å². The molecule has 4 amide bonds. The van der Waals surface area contributed by atoms with Gasteiger partial charge < -0.3 is 47.6 Å². The Labute approximate surface area is 232 Å². The van der Waals surface area contributed by atoms with E-state index in [1.807, 2.05) is 0 Å². The number of nitrogens with two attached hydrogens (primary N) is 2. The predicted molar refractivity (Wildman–Crippen MR) is 142 cm³/mol. The van der Waals surface area contributed by atoms with Crippen LogP contribution in [0.5, 0.6) is 0 Å². The van der Waals surface area contributed by atoms with Gasteiger partial charge in [0.15, 0.2) is 0 Å². The van der Waals surface area contributed by atoms with Crippen molar-refractivity contribution in [3.63, 3.8) is 0 Å². The van der Waals surface area contributed by atoms with Crippen LogP contribution in [0.3, 0.4) is 0 Å². The Balaban J connectivity index is 1.82. The zero-order valence-corrected chi connectivity index (χ0v) is 21.6.